The Kier molecular flexibility index (Phi) is 6.66. The summed E-state index contributed by atoms with van der Waals surface area (Å²) in [6.45, 7) is 9.86. The van der Waals surface area contributed by atoms with Crippen molar-refractivity contribution in [2.75, 3.05) is 26.2 Å². The summed E-state index contributed by atoms with van der Waals surface area (Å²) in [6.07, 6.45) is 11.4. The van der Waals surface area contributed by atoms with Gasteiger partial charge >= 0.3 is 0 Å². The number of hydrogen-bond acceptors (Lipinski definition) is 2. The van der Waals surface area contributed by atoms with Crippen molar-refractivity contribution in [3.63, 3.8) is 0 Å². The molecule has 1 heterocycles. The molecule has 1 saturated carbocycles. The van der Waals surface area contributed by atoms with Crippen LogP contribution in [-0.2, 0) is 0 Å². The summed E-state index contributed by atoms with van der Waals surface area (Å²) < 4.78 is 0. The molecule has 0 radical (unpaired) electrons. The maximum Gasteiger partial charge on any atom is 0.00914 e. The van der Waals surface area contributed by atoms with E-state index in [1.165, 1.54) is 77.5 Å². The number of rotatable bonds is 6. The number of likely N-dealkylation sites (tertiary alicyclic amines) is 1. The minimum atomic E-state index is 0.798. The van der Waals surface area contributed by atoms with Gasteiger partial charge in [-0.2, -0.15) is 0 Å². The Morgan fingerprint density at radius 2 is 1.53 bits per heavy atom. The molecule has 1 N–H and O–H groups in total. The van der Waals surface area contributed by atoms with Crippen LogP contribution in [0.3, 0.4) is 0 Å². The van der Waals surface area contributed by atoms with E-state index in [0.29, 0.717) is 0 Å². The first-order valence-corrected chi connectivity index (χ1v) is 8.77. The van der Waals surface area contributed by atoms with E-state index in [0.717, 1.165) is 17.9 Å². The van der Waals surface area contributed by atoms with E-state index >= 15 is 0 Å². The number of piperidine rings is 1. The minimum absolute atomic E-state index is 0.798. The molecule has 2 heteroatoms. The van der Waals surface area contributed by atoms with Crippen LogP contribution in [0.15, 0.2) is 0 Å². The van der Waals surface area contributed by atoms with Gasteiger partial charge in [0.25, 0.3) is 0 Å². The fourth-order valence-corrected chi connectivity index (χ4v) is 3.86. The van der Waals surface area contributed by atoms with Gasteiger partial charge in [0.1, 0.15) is 0 Å². The van der Waals surface area contributed by atoms with E-state index in [2.05, 4.69) is 24.1 Å². The van der Waals surface area contributed by atoms with Gasteiger partial charge in [-0.15, -0.1) is 0 Å². The molecule has 1 saturated heterocycles. The van der Waals surface area contributed by atoms with Crippen LogP contribution < -0.4 is 5.32 Å². The summed E-state index contributed by atoms with van der Waals surface area (Å²) >= 11 is 0. The van der Waals surface area contributed by atoms with E-state index in [-0.39, 0.29) is 0 Å². The summed E-state index contributed by atoms with van der Waals surface area (Å²) in [4.78, 5) is 2.74. The van der Waals surface area contributed by atoms with E-state index < -0.39 is 0 Å². The molecule has 0 aromatic rings. The van der Waals surface area contributed by atoms with E-state index in [9.17, 15) is 0 Å². The predicted molar refractivity (Wildman–Crippen MR) is 83.5 cm³/mol. The largest absolute Gasteiger partial charge is 0.314 e. The Bertz CT molecular complexity index is 225. The lowest BCUT2D eigenvalue weighted by atomic mass is 9.80. The van der Waals surface area contributed by atoms with E-state index in [1.807, 2.05) is 0 Å². The number of nitrogens with one attached hydrogen (secondary N) is 1. The monoisotopic (exact) mass is 266 g/mol. The van der Waals surface area contributed by atoms with Crippen LogP contribution in [0.5, 0.6) is 0 Å². The van der Waals surface area contributed by atoms with Crippen molar-refractivity contribution in [1.82, 2.24) is 10.2 Å². The molecule has 2 nitrogen and oxygen atoms in total. The first-order chi connectivity index (χ1) is 9.31. The fraction of sp³-hybridized carbons (Fsp3) is 1.00. The highest BCUT2D eigenvalue weighted by atomic mass is 15.1. The predicted octanol–water partition coefficient (Wildman–Crippen LogP) is 3.67. The highest BCUT2D eigenvalue weighted by Crippen LogP contribution is 2.31. The van der Waals surface area contributed by atoms with Gasteiger partial charge < -0.3 is 10.2 Å². The molecule has 2 aliphatic rings. The van der Waals surface area contributed by atoms with Crippen LogP contribution >= 0.6 is 0 Å². The molecule has 0 bridgehead atoms. The van der Waals surface area contributed by atoms with Gasteiger partial charge in [0, 0.05) is 12.6 Å². The van der Waals surface area contributed by atoms with Gasteiger partial charge in [0.05, 0.1) is 0 Å². The molecule has 2 rings (SSSR count). The van der Waals surface area contributed by atoms with Gasteiger partial charge in [-0.25, -0.2) is 0 Å². The van der Waals surface area contributed by atoms with E-state index in [4.69, 9.17) is 0 Å². The minimum Gasteiger partial charge on any atom is -0.314 e. The Balaban J connectivity index is 1.60. The summed E-state index contributed by atoms with van der Waals surface area (Å²) in [5.41, 5.74) is 0. The topological polar surface area (TPSA) is 15.3 Å². The van der Waals surface area contributed by atoms with Crippen molar-refractivity contribution in [3.8, 4) is 0 Å². The quantitative estimate of drug-likeness (QED) is 0.789. The number of hydrogen-bond donors (Lipinski definition) is 1. The molecule has 2 fully saturated rings. The molecule has 0 spiro atoms. The van der Waals surface area contributed by atoms with Crippen LogP contribution in [-0.4, -0.2) is 37.1 Å². The summed E-state index contributed by atoms with van der Waals surface area (Å²) in [6, 6.07) is 0.798. The molecule has 0 amide bonds. The second-order valence-electron chi connectivity index (χ2n) is 6.82. The molecule has 1 aliphatic heterocycles. The maximum atomic E-state index is 3.68. The Morgan fingerprint density at radius 3 is 2.11 bits per heavy atom. The van der Waals surface area contributed by atoms with Crippen molar-refractivity contribution in [1.29, 1.82) is 0 Å². The molecule has 1 aliphatic carbocycles. The highest BCUT2D eigenvalue weighted by molar-refractivity contribution is 4.80. The average Bonchev–Trinajstić information content (AvgIpc) is 2.47. The smallest absolute Gasteiger partial charge is 0.00914 e. The standard InChI is InChI=1S/C17H34N2/c1-3-11-18-17-9-12-19(13-10-17)14-16-7-5-15(4-2)6-8-16/h15-18H,3-14H2,1-2H3. The normalized spacial score (nSPS) is 30.6. The average molecular weight is 266 g/mol. The van der Waals surface area contributed by atoms with Crippen molar-refractivity contribution < 1.29 is 0 Å². The summed E-state index contributed by atoms with van der Waals surface area (Å²) in [5, 5.41) is 3.68. The Hall–Kier alpha value is -0.0800. The molecule has 0 aromatic heterocycles. The zero-order valence-electron chi connectivity index (χ0n) is 13.2. The molecule has 19 heavy (non-hydrogen) atoms. The Labute approximate surface area is 120 Å². The first-order valence-electron chi connectivity index (χ1n) is 8.77. The van der Waals surface area contributed by atoms with Gasteiger partial charge in [-0.1, -0.05) is 33.1 Å². The molecular formula is C17H34N2. The first kappa shape index (κ1) is 15.3. The lowest BCUT2D eigenvalue weighted by Gasteiger charge is -2.36. The van der Waals surface area contributed by atoms with Crippen LogP contribution in [0.4, 0.5) is 0 Å². The van der Waals surface area contributed by atoms with Crippen molar-refractivity contribution in [3.05, 3.63) is 0 Å². The van der Waals surface area contributed by atoms with Crippen molar-refractivity contribution >= 4 is 0 Å². The summed E-state index contributed by atoms with van der Waals surface area (Å²) in [7, 11) is 0. The molecule has 0 atom stereocenters. The van der Waals surface area contributed by atoms with Crippen molar-refractivity contribution in [2.45, 2.75) is 71.3 Å². The SMILES string of the molecule is CCCNC1CCN(CC2CCC(CC)CC2)CC1. The van der Waals surface area contributed by atoms with Gasteiger partial charge in [0.2, 0.25) is 0 Å². The van der Waals surface area contributed by atoms with Crippen LogP contribution in [0.2, 0.25) is 0 Å². The molecule has 0 aromatic carbocycles. The lowest BCUT2D eigenvalue weighted by molar-refractivity contribution is 0.144. The third-order valence-corrected chi connectivity index (χ3v) is 5.33. The van der Waals surface area contributed by atoms with Gasteiger partial charge in [0.15, 0.2) is 0 Å². The van der Waals surface area contributed by atoms with E-state index in [1.54, 1.807) is 0 Å². The zero-order chi connectivity index (χ0) is 13.5. The third kappa shape index (κ3) is 5.07. The van der Waals surface area contributed by atoms with Crippen LogP contribution in [0, 0.1) is 11.8 Å². The Morgan fingerprint density at radius 1 is 0.895 bits per heavy atom. The zero-order valence-corrected chi connectivity index (χ0v) is 13.2. The lowest BCUT2D eigenvalue weighted by Crippen LogP contribution is -2.44. The molecule has 112 valence electrons. The van der Waals surface area contributed by atoms with Gasteiger partial charge in [-0.05, 0) is 63.6 Å². The second-order valence-corrected chi connectivity index (χ2v) is 6.82. The molecular weight excluding hydrogens is 232 g/mol. The number of nitrogens with zero attached hydrogens (tertiary/aromatic N) is 1. The summed E-state index contributed by atoms with van der Waals surface area (Å²) in [5.74, 6) is 2.04. The van der Waals surface area contributed by atoms with Crippen molar-refractivity contribution in [2.24, 2.45) is 11.8 Å². The van der Waals surface area contributed by atoms with Crippen LogP contribution in [0.25, 0.3) is 0 Å². The van der Waals surface area contributed by atoms with Gasteiger partial charge in [-0.3, -0.25) is 0 Å². The maximum absolute atomic E-state index is 3.68. The fourth-order valence-electron chi connectivity index (χ4n) is 3.86. The second kappa shape index (κ2) is 8.26. The highest BCUT2D eigenvalue weighted by Gasteiger charge is 2.24. The molecule has 0 unspecified atom stereocenters. The van der Waals surface area contributed by atoms with Crippen LogP contribution in [0.1, 0.15) is 65.2 Å². The third-order valence-electron chi connectivity index (χ3n) is 5.33.